The predicted molar refractivity (Wildman–Crippen MR) is 81.0 cm³/mol. The fourth-order valence-electron chi connectivity index (χ4n) is 4.00. The molecule has 1 aromatic rings. The van der Waals surface area contributed by atoms with Gasteiger partial charge in [0.25, 0.3) is 0 Å². The van der Waals surface area contributed by atoms with E-state index in [9.17, 15) is 5.11 Å². The van der Waals surface area contributed by atoms with Gasteiger partial charge >= 0.3 is 0 Å². The quantitative estimate of drug-likeness (QED) is 0.898. The molecule has 1 N–H and O–H groups in total. The van der Waals surface area contributed by atoms with E-state index in [1.807, 2.05) is 6.07 Å². The maximum Gasteiger partial charge on any atom is 0.122 e. The van der Waals surface area contributed by atoms with E-state index in [2.05, 4.69) is 25.1 Å². The van der Waals surface area contributed by atoms with Gasteiger partial charge in [0.1, 0.15) is 5.75 Å². The summed E-state index contributed by atoms with van der Waals surface area (Å²) in [5.74, 6) is 2.92. The van der Waals surface area contributed by atoms with Gasteiger partial charge in [-0.2, -0.15) is 0 Å². The van der Waals surface area contributed by atoms with E-state index in [1.165, 1.54) is 24.8 Å². The minimum Gasteiger partial charge on any atom is -0.493 e. The van der Waals surface area contributed by atoms with E-state index in [4.69, 9.17) is 4.74 Å². The Morgan fingerprint density at radius 1 is 1.20 bits per heavy atom. The highest BCUT2D eigenvalue weighted by Crippen LogP contribution is 2.42. The molecule has 2 nitrogen and oxygen atoms in total. The number of hydrogen-bond donors (Lipinski definition) is 1. The summed E-state index contributed by atoms with van der Waals surface area (Å²) in [4.78, 5) is 0. The third kappa shape index (κ3) is 2.85. The second kappa shape index (κ2) is 6.17. The summed E-state index contributed by atoms with van der Waals surface area (Å²) in [5.41, 5.74) is 1.35. The van der Waals surface area contributed by atoms with E-state index in [0.717, 1.165) is 37.5 Å². The van der Waals surface area contributed by atoms with Crippen molar-refractivity contribution in [3.8, 4) is 5.75 Å². The van der Waals surface area contributed by atoms with Gasteiger partial charge < -0.3 is 9.84 Å². The molecule has 1 heterocycles. The second-order valence-corrected chi connectivity index (χ2v) is 6.52. The van der Waals surface area contributed by atoms with E-state index < -0.39 is 0 Å². The largest absolute Gasteiger partial charge is 0.493 e. The Labute approximate surface area is 122 Å². The standard InChI is InChI=1S/C18H26O2/c1-2-13-7-8-17(19)15(11-13)12-14-9-10-20-18-6-4-3-5-16(14)18/h3-6,13-15,17,19H,2,7-12H2,1H3. The first-order valence-electron chi connectivity index (χ1n) is 8.17. The summed E-state index contributed by atoms with van der Waals surface area (Å²) >= 11 is 0. The van der Waals surface area contributed by atoms with Crippen LogP contribution in [0, 0.1) is 11.8 Å². The minimum absolute atomic E-state index is 0.0900. The maximum absolute atomic E-state index is 10.3. The first-order valence-corrected chi connectivity index (χ1v) is 8.17. The molecule has 2 aliphatic rings. The Morgan fingerprint density at radius 2 is 2.05 bits per heavy atom. The average Bonchev–Trinajstić information content (AvgIpc) is 2.50. The Balaban J connectivity index is 1.71. The fraction of sp³-hybridized carbons (Fsp3) is 0.667. The van der Waals surface area contributed by atoms with Crippen molar-refractivity contribution in [2.75, 3.05) is 6.61 Å². The Hall–Kier alpha value is -1.02. The van der Waals surface area contributed by atoms with Crippen LogP contribution < -0.4 is 4.74 Å². The zero-order chi connectivity index (χ0) is 13.9. The van der Waals surface area contributed by atoms with E-state index in [-0.39, 0.29) is 6.10 Å². The minimum atomic E-state index is -0.0900. The summed E-state index contributed by atoms with van der Waals surface area (Å²) in [5, 5.41) is 10.3. The van der Waals surface area contributed by atoms with Gasteiger partial charge in [0.15, 0.2) is 0 Å². The molecule has 4 atom stereocenters. The second-order valence-electron chi connectivity index (χ2n) is 6.52. The summed E-state index contributed by atoms with van der Waals surface area (Å²) < 4.78 is 5.75. The smallest absolute Gasteiger partial charge is 0.122 e. The number of para-hydroxylation sites is 1. The van der Waals surface area contributed by atoms with Gasteiger partial charge in [-0.15, -0.1) is 0 Å². The molecular weight excluding hydrogens is 248 g/mol. The summed E-state index contributed by atoms with van der Waals surface area (Å²) in [7, 11) is 0. The van der Waals surface area contributed by atoms with Crippen molar-refractivity contribution in [1.82, 2.24) is 0 Å². The highest BCUT2D eigenvalue weighted by atomic mass is 16.5. The van der Waals surface area contributed by atoms with Crippen LogP contribution in [0.5, 0.6) is 5.75 Å². The van der Waals surface area contributed by atoms with Crippen molar-refractivity contribution in [3.63, 3.8) is 0 Å². The zero-order valence-corrected chi connectivity index (χ0v) is 12.4. The molecule has 0 saturated heterocycles. The molecule has 1 aliphatic heterocycles. The number of aliphatic hydroxyl groups excluding tert-OH is 1. The first-order chi connectivity index (χ1) is 9.78. The van der Waals surface area contributed by atoms with Crippen LogP contribution in [0.4, 0.5) is 0 Å². The third-order valence-corrected chi connectivity index (χ3v) is 5.30. The SMILES string of the molecule is CCC1CCC(O)C(CC2CCOc3ccccc32)C1. The number of hydrogen-bond acceptors (Lipinski definition) is 2. The van der Waals surface area contributed by atoms with E-state index >= 15 is 0 Å². The van der Waals surface area contributed by atoms with Crippen LogP contribution in [0.2, 0.25) is 0 Å². The maximum atomic E-state index is 10.3. The molecule has 1 aliphatic carbocycles. The van der Waals surface area contributed by atoms with Crippen LogP contribution in [0.25, 0.3) is 0 Å². The monoisotopic (exact) mass is 274 g/mol. The molecule has 2 heteroatoms. The fourth-order valence-corrected chi connectivity index (χ4v) is 4.00. The Morgan fingerprint density at radius 3 is 2.90 bits per heavy atom. The third-order valence-electron chi connectivity index (χ3n) is 5.30. The molecule has 0 amide bonds. The van der Waals surface area contributed by atoms with Gasteiger partial charge in [-0.25, -0.2) is 0 Å². The van der Waals surface area contributed by atoms with Gasteiger partial charge in [-0.05, 0) is 61.5 Å². The van der Waals surface area contributed by atoms with Crippen LogP contribution in [0.1, 0.15) is 56.9 Å². The van der Waals surface area contributed by atoms with Gasteiger partial charge in [0.2, 0.25) is 0 Å². The van der Waals surface area contributed by atoms with Gasteiger partial charge in [-0.1, -0.05) is 31.5 Å². The highest BCUT2D eigenvalue weighted by molar-refractivity contribution is 5.37. The topological polar surface area (TPSA) is 29.5 Å². The van der Waals surface area contributed by atoms with E-state index in [1.54, 1.807) is 0 Å². The van der Waals surface area contributed by atoms with Gasteiger partial charge in [0, 0.05) is 0 Å². The highest BCUT2D eigenvalue weighted by Gasteiger charge is 2.32. The summed E-state index contributed by atoms with van der Waals surface area (Å²) in [6, 6.07) is 8.43. The molecular formula is C18H26O2. The number of rotatable bonds is 3. The number of aliphatic hydroxyl groups is 1. The molecule has 110 valence electrons. The number of ether oxygens (including phenoxy) is 1. The molecule has 3 rings (SSSR count). The molecule has 1 fully saturated rings. The molecule has 0 aromatic heterocycles. The molecule has 1 aromatic carbocycles. The predicted octanol–water partition coefficient (Wildman–Crippen LogP) is 4.13. The lowest BCUT2D eigenvalue weighted by molar-refractivity contribution is 0.0370. The molecule has 1 saturated carbocycles. The van der Waals surface area contributed by atoms with Gasteiger partial charge in [0.05, 0.1) is 12.7 Å². The normalized spacial score (nSPS) is 33.3. The van der Waals surface area contributed by atoms with E-state index in [0.29, 0.717) is 11.8 Å². The number of benzene rings is 1. The molecule has 20 heavy (non-hydrogen) atoms. The van der Waals surface area contributed by atoms with Crippen LogP contribution in [-0.4, -0.2) is 17.8 Å². The van der Waals surface area contributed by atoms with Gasteiger partial charge in [-0.3, -0.25) is 0 Å². The molecule has 0 spiro atoms. The summed E-state index contributed by atoms with van der Waals surface area (Å²) in [6.45, 7) is 3.10. The van der Waals surface area contributed by atoms with Crippen LogP contribution in [-0.2, 0) is 0 Å². The van der Waals surface area contributed by atoms with Crippen LogP contribution in [0.3, 0.4) is 0 Å². The lowest BCUT2D eigenvalue weighted by Crippen LogP contribution is -2.31. The average molecular weight is 274 g/mol. The summed E-state index contributed by atoms with van der Waals surface area (Å²) in [6.07, 6.45) is 6.79. The van der Waals surface area contributed by atoms with Crippen molar-refractivity contribution in [2.45, 2.75) is 57.5 Å². The first kappa shape index (κ1) is 13.9. The van der Waals surface area contributed by atoms with Crippen molar-refractivity contribution in [2.24, 2.45) is 11.8 Å². The molecule has 0 radical (unpaired) electrons. The van der Waals surface area contributed by atoms with Crippen molar-refractivity contribution >= 4 is 0 Å². The van der Waals surface area contributed by atoms with Crippen LogP contribution >= 0.6 is 0 Å². The molecule has 0 bridgehead atoms. The lowest BCUT2D eigenvalue weighted by Gasteiger charge is -2.36. The zero-order valence-electron chi connectivity index (χ0n) is 12.4. The Bertz CT molecular complexity index is 443. The number of fused-ring (bicyclic) bond motifs is 1. The molecule has 4 unspecified atom stereocenters. The lowest BCUT2D eigenvalue weighted by atomic mass is 9.73. The van der Waals surface area contributed by atoms with Crippen LogP contribution in [0.15, 0.2) is 24.3 Å². The van der Waals surface area contributed by atoms with Crippen molar-refractivity contribution in [3.05, 3.63) is 29.8 Å². The van der Waals surface area contributed by atoms with Crippen molar-refractivity contribution in [1.29, 1.82) is 0 Å². The van der Waals surface area contributed by atoms with Crippen molar-refractivity contribution < 1.29 is 9.84 Å². The Kier molecular flexibility index (Phi) is 4.30.